The minimum Gasteiger partial charge on any atom is -0.197 e. The van der Waals surface area contributed by atoms with Gasteiger partial charge in [-0.2, -0.15) is 8.42 Å². The molecule has 1 atom stereocenters. The molecule has 0 aromatic heterocycles. The maximum Gasteiger partial charge on any atom is 0.294 e. The van der Waals surface area contributed by atoms with Crippen molar-refractivity contribution < 1.29 is 13.0 Å². The summed E-state index contributed by atoms with van der Waals surface area (Å²) in [4.78, 5) is 0. The molecule has 0 N–H and O–H groups in total. The van der Waals surface area contributed by atoms with Gasteiger partial charge in [0.2, 0.25) is 0 Å². The Kier molecular flexibility index (Phi) is 4.68. The average Bonchev–Trinajstić information content (AvgIpc) is 1.83. The summed E-state index contributed by atoms with van der Waals surface area (Å²) in [6.07, 6.45) is 2.54. The molecule has 0 aliphatic carbocycles. The van der Waals surface area contributed by atoms with Crippen molar-refractivity contribution in [1.29, 1.82) is 0 Å². The van der Waals surface area contributed by atoms with E-state index in [1.54, 1.807) is 0 Å². The normalized spacial score (nSPS) is 14.8. The molecule has 0 heterocycles. The van der Waals surface area contributed by atoms with Crippen molar-refractivity contribution in [3.05, 3.63) is 0 Å². The molecule has 3 nitrogen and oxygen atoms in total. The van der Waals surface area contributed by atoms with Gasteiger partial charge < -0.3 is 0 Å². The Morgan fingerprint density at radius 3 is 2.18 bits per heavy atom. The summed E-state index contributed by atoms with van der Waals surface area (Å²) < 4.78 is 30.6. The highest BCUT2D eigenvalue weighted by Crippen LogP contribution is 2.10. The Morgan fingerprint density at radius 1 is 1.27 bits per heavy atom. The molecule has 11 heavy (non-hydrogen) atoms. The number of hydrogen-bond acceptors (Lipinski definition) is 2. The first-order valence-electron chi connectivity index (χ1n) is 3.89. The first-order valence-corrected chi connectivity index (χ1v) is 5.47. The maximum atomic E-state index is 10.2. The van der Waals surface area contributed by atoms with Gasteiger partial charge in [0.1, 0.15) is 0 Å². The highest BCUT2D eigenvalue weighted by atomic mass is 32.2. The molecule has 1 unspecified atom stereocenters. The van der Waals surface area contributed by atoms with Gasteiger partial charge in [0.15, 0.2) is 0 Å². The summed E-state index contributed by atoms with van der Waals surface area (Å²) in [6.45, 7) is 4.01. The molecule has 0 saturated heterocycles. The SMILES string of the molecule is CCCC(C)CCS([O])(=O)=O. The largest absolute Gasteiger partial charge is 0.294 e. The molecule has 0 aliphatic heterocycles. The second-order valence-electron chi connectivity index (χ2n) is 2.94. The average molecular weight is 179 g/mol. The Balaban J connectivity index is 3.54. The molecule has 0 aromatic rings. The van der Waals surface area contributed by atoms with E-state index in [1.807, 2.05) is 13.8 Å². The minimum absolute atomic E-state index is 0.214. The molecule has 0 rings (SSSR count). The van der Waals surface area contributed by atoms with Gasteiger partial charge in [-0.15, -0.1) is 0 Å². The zero-order chi connectivity index (χ0) is 8.91. The maximum absolute atomic E-state index is 10.2. The summed E-state index contributed by atoms with van der Waals surface area (Å²) in [6, 6.07) is 0. The second-order valence-corrected chi connectivity index (χ2v) is 4.47. The fourth-order valence-corrected chi connectivity index (χ4v) is 1.67. The van der Waals surface area contributed by atoms with Crippen LogP contribution in [0.3, 0.4) is 0 Å². The van der Waals surface area contributed by atoms with E-state index in [2.05, 4.69) is 0 Å². The molecule has 0 aromatic carbocycles. The smallest absolute Gasteiger partial charge is 0.197 e. The quantitative estimate of drug-likeness (QED) is 0.643. The predicted octanol–water partition coefficient (Wildman–Crippen LogP) is 1.57. The Morgan fingerprint density at radius 2 is 1.82 bits per heavy atom. The molecule has 0 fully saturated rings. The van der Waals surface area contributed by atoms with E-state index in [0.717, 1.165) is 12.8 Å². The molecule has 0 amide bonds. The molecule has 0 spiro atoms. The Hall–Kier alpha value is -0.0900. The molecule has 1 radical (unpaired) electrons. The van der Waals surface area contributed by atoms with Gasteiger partial charge in [0.05, 0.1) is 5.75 Å². The van der Waals surface area contributed by atoms with Gasteiger partial charge in [0, 0.05) is 0 Å². The summed E-state index contributed by atoms with van der Waals surface area (Å²) in [7, 11) is -3.99. The second kappa shape index (κ2) is 4.72. The van der Waals surface area contributed by atoms with E-state index in [0.29, 0.717) is 12.3 Å². The van der Waals surface area contributed by atoms with Gasteiger partial charge in [-0.3, -0.25) is 0 Å². The fraction of sp³-hybridized carbons (Fsp3) is 1.00. The lowest BCUT2D eigenvalue weighted by Crippen LogP contribution is -2.06. The molecular formula is C7H15O3S. The zero-order valence-electron chi connectivity index (χ0n) is 7.04. The lowest BCUT2D eigenvalue weighted by molar-refractivity contribution is 0.405. The van der Waals surface area contributed by atoms with Crippen molar-refractivity contribution in [1.82, 2.24) is 0 Å². The molecule has 67 valence electrons. The van der Waals surface area contributed by atoms with Crippen LogP contribution in [-0.2, 0) is 14.7 Å². The third-order valence-electron chi connectivity index (χ3n) is 1.64. The van der Waals surface area contributed by atoms with Crippen LogP contribution in [0.1, 0.15) is 33.1 Å². The van der Waals surface area contributed by atoms with E-state index in [4.69, 9.17) is 0 Å². The predicted molar refractivity (Wildman–Crippen MR) is 43.2 cm³/mol. The van der Waals surface area contributed by atoms with Crippen LogP contribution in [0.2, 0.25) is 0 Å². The van der Waals surface area contributed by atoms with E-state index in [-0.39, 0.29) is 5.75 Å². The monoisotopic (exact) mass is 179 g/mol. The zero-order valence-corrected chi connectivity index (χ0v) is 7.86. The van der Waals surface area contributed by atoms with Crippen molar-refractivity contribution in [2.24, 2.45) is 5.92 Å². The topological polar surface area (TPSA) is 54.0 Å². The van der Waals surface area contributed by atoms with Gasteiger partial charge in [-0.25, -0.2) is 0 Å². The van der Waals surface area contributed by atoms with E-state index in [1.165, 1.54) is 0 Å². The molecule has 0 aliphatic rings. The third-order valence-corrected chi connectivity index (χ3v) is 2.38. The van der Waals surface area contributed by atoms with Crippen LogP contribution in [0.25, 0.3) is 0 Å². The van der Waals surface area contributed by atoms with Gasteiger partial charge in [0.25, 0.3) is 10.1 Å². The van der Waals surface area contributed by atoms with Crippen molar-refractivity contribution in [2.45, 2.75) is 33.1 Å². The van der Waals surface area contributed by atoms with Crippen LogP contribution in [-0.4, -0.2) is 14.2 Å². The summed E-state index contributed by atoms with van der Waals surface area (Å²) in [5.74, 6) is 0.137. The van der Waals surface area contributed by atoms with E-state index >= 15 is 0 Å². The molecule has 4 heteroatoms. The van der Waals surface area contributed by atoms with Gasteiger partial charge >= 0.3 is 0 Å². The van der Waals surface area contributed by atoms with Crippen molar-refractivity contribution in [3.8, 4) is 0 Å². The summed E-state index contributed by atoms with van der Waals surface area (Å²) in [5.41, 5.74) is 0. The van der Waals surface area contributed by atoms with Crippen LogP contribution >= 0.6 is 0 Å². The molecular weight excluding hydrogens is 164 g/mol. The number of hydrogen-bond donors (Lipinski definition) is 0. The minimum atomic E-state index is -3.99. The van der Waals surface area contributed by atoms with Crippen LogP contribution < -0.4 is 0 Å². The van der Waals surface area contributed by atoms with Crippen LogP contribution in [0.4, 0.5) is 0 Å². The van der Waals surface area contributed by atoms with Crippen LogP contribution in [0.5, 0.6) is 0 Å². The van der Waals surface area contributed by atoms with E-state index < -0.39 is 10.1 Å². The highest BCUT2D eigenvalue weighted by molar-refractivity contribution is 7.85. The van der Waals surface area contributed by atoms with E-state index in [9.17, 15) is 13.0 Å². The molecule has 0 bridgehead atoms. The highest BCUT2D eigenvalue weighted by Gasteiger charge is 2.09. The third kappa shape index (κ3) is 7.81. The Labute approximate surface area is 68.6 Å². The fourth-order valence-electron chi connectivity index (χ4n) is 0.983. The first kappa shape index (κ1) is 10.9. The first-order chi connectivity index (χ1) is 4.95. The van der Waals surface area contributed by atoms with Crippen LogP contribution in [0.15, 0.2) is 0 Å². The van der Waals surface area contributed by atoms with Crippen molar-refractivity contribution >= 4 is 10.1 Å². The van der Waals surface area contributed by atoms with Gasteiger partial charge in [-0.1, -0.05) is 31.2 Å². The Bertz CT molecular complexity index is 184. The standard InChI is InChI=1S/C7H15O3S/c1-3-4-7(2)5-6-11(8,9)10/h7H,3-6H2,1-2H3. The summed E-state index contributed by atoms with van der Waals surface area (Å²) in [5, 5.41) is 0. The van der Waals surface area contributed by atoms with Crippen molar-refractivity contribution in [3.63, 3.8) is 0 Å². The van der Waals surface area contributed by atoms with Crippen LogP contribution in [0, 0.1) is 5.92 Å². The molecule has 0 saturated carbocycles. The lowest BCUT2D eigenvalue weighted by atomic mass is 10.0. The lowest BCUT2D eigenvalue weighted by Gasteiger charge is -2.06. The van der Waals surface area contributed by atoms with Gasteiger partial charge in [-0.05, 0) is 12.3 Å². The summed E-state index contributed by atoms with van der Waals surface area (Å²) >= 11 is 0. The van der Waals surface area contributed by atoms with Crippen molar-refractivity contribution in [2.75, 3.05) is 5.75 Å². The number of rotatable bonds is 5.